The van der Waals surface area contributed by atoms with Crippen molar-refractivity contribution < 1.29 is 13.3 Å². The lowest BCUT2D eigenvalue weighted by molar-refractivity contribution is -0.384. The normalized spacial score (nSPS) is 15.6. The van der Waals surface area contributed by atoms with Gasteiger partial charge in [-0.15, -0.1) is 11.8 Å². The zero-order chi connectivity index (χ0) is 43.5. The largest absolute Gasteiger partial charge is 0.376 e. The lowest BCUT2D eigenvalue weighted by Gasteiger charge is -2.37. The van der Waals surface area contributed by atoms with Gasteiger partial charge in [0.25, 0.3) is 15.7 Å². The van der Waals surface area contributed by atoms with E-state index in [-0.39, 0.29) is 28.1 Å². The number of piperazine rings is 1. The number of allylic oxidation sites excluding steroid dienone is 1. The molecule has 1 atom stereocenters. The van der Waals surface area contributed by atoms with Gasteiger partial charge in [0.05, 0.1) is 15.3 Å². The van der Waals surface area contributed by atoms with Crippen LogP contribution in [0.3, 0.4) is 0 Å². The first-order chi connectivity index (χ1) is 30.1. The minimum Gasteiger partial charge on any atom is -0.376 e. The van der Waals surface area contributed by atoms with E-state index in [2.05, 4.69) is 72.8 Å². The molecule has 62 heavy (non-hydrogen) atoms. The molecule has 0 amide bonds. The van der Waals surface area contributed by atoms with Crippen LogP contribution in [0.5, 0.6) is 0 Å². The number of aromatic nitrogens is 2. The third kappa shape index (κ3) is 11.8. The van der Waals surface area contributed by atoms with Gasteiger partial charge in [0.1, 0.15) is 12.0 Å². The van der Waals surface area contributed by atoms with E-state index in [0.29, 0.717) is 16.7 Å². The summed E-state index contributed by atoms with van der Waals surface area (Å²) in [5.41, 5.74) is 5.84. The fourth-order valence-electron chi connectivity index (χ4n) is 8.47. The van der Waals surface area contributed by atoms with E-state index in [9.17, 15) is 18.5 Å². The van der Waals surface area contributed by atoms with Gasteiger partial charge in [-0.2, -0.15) is 0 Å². The van der Waals surface area contributed by atoms with Crippen LogP contribution in [-0.2, 0) is 10.0 Å². The molecule has 328 valence electrons. The van der Waals surface area contributed by atoms with Crippen molar-refractivity contribution in [3.8, 4) is 0 Å². The molecule has 7 rings (SSSR count). The summed E-state index contributed by atoms with van der Waals surface area (Å²) >= 11 is 7.87. The van der Waals surface area contributed by atoms with Gasteiger partial charge in [-0.25, -0.2) is 18.4 Å². The van der Waals surface area contributed by atoms with Crippen LogP contribution in [0.25, 0.3) is 16.5 Å². The lowest BCUT2D eigenvalue weighted by atomic mass is 9.87. The molecule has 2 N–H and O–H groups in total. The van der Waals surface area contributed by atoms with Crippen molar-refractivity contribution in [1.82, 2.24) is 19.8 Å². The fraction of sp³-hybridized carbons (Fsp3) is 0.404. The number of anilines is 3. The first kappa shape index (κ1) is 45.3. The summed E-state index contributed by atoms with van der Waals surface area (Å²) in [4.78, 5) is 28.9. The second-order valence-corrected chi connectivity index (χ2v) is 19.3. The fourth-order valence-corrected chi connectivity index (χ4v) is 10.6. The number of halogens is 1. The van der Waals surface area contributed by atoms with E-state index in [1.54, 1.807) is 11.8 Å². The molecule has 0 unspecified atom stereocenters. The summed E-state index contributed by atoms with van der Waals surface area (Å²) in [7, 11) is -4.27. The minimum absolute atomic E-state index is 0.106. The average molecular weight is 898 g/mol. The van der Waals surface area contributed by atoms with Gasteiger partial charge in [0, 0.05) is 78.1 Å². The minimum atomic E-state index is -4.27. The van der Waals surface area contributed by atoms with Crippen molar-refractivity contribution in [2.45, 2.75) is 74.6 Å². The molecule has 1 fully saturated rings. The summed E-state index contributed by atoms with van der Waals surface area (Å²) in [5.74, 6) is 0.786. The number of nitrogens with one attached hydrogen (secondary N) is 2. The van der Waals surface area contributed by atoms with Crippen LogP contribution in [0.15, 0.2) is 113 Å². The van der Waals surface area contributed by atoms with Crippen LogP contribution in [0.4, 0.5) is 22.9 Å². The van der Waals surface area contributed by atoms with Crippen LogP contribution in [0, 0.1) is 10.1 Å². The Morgan fingerprint density at radius 3 is 2.35 bits per heavy atom. The third-order valence-corrected chi connectivity index (χ3v) is 14.4. The monoisotopic (exact) mass is 896 g/mol. The molecule has 12 nitrogen and oxygen atoms in total. The summed E-state index contributed by atoms with van der Waals surface area (Å²) in [6.45, 7) is 11.7. The van der Waals surface area contributed by atoms with Gasteiger partial charge in [0.2, 0.25) is 0 Å². The number of fused-ring (bicyclic) bond motifs is 1. The number of thioether (sulfide) groups is 1. The number of benzene rings is 4. The van der Waals surface area contributed by atoms with Gasteiger partial charge < -0.3 is 15.1 Å². The SMILES string of the molecule is CCCN(CCC)CC[C@H](CSc1ccccc1)Nc1ccc(S(=O)(=O)Nc2ncnc3cc(N4CCN(CC5=C(c6ccc(Cl)cc6)CCCC5)CC4)ccc23)cc1[N+](=O)[O-]. The number of nitro benzene ring substituents is 1. The summed E-state index contributed by atoms with van der Waals surface area (Å²) in [5, 5.41) is 17.2. The molecule has 0 bridgehead atoms. The lowest BCUT2D eigenvalue weighted by Crippen LogP contribution is -2.47. The highest BCUT2D eigenvalue weighted by molar-refractivity contribution is 7.99. The van der Waals surface area contributed by atoms with Gasteiger partial charge in [0.15, 0.2) is 5.82 Å². The maximum absolute atomic E-state index is 13.9. The zero-order valence-electron chi connectivity index (χ0n) is 35.6. The van der Waals surface area contributed by atoms with Crippen LogP contribution < -0.4 is 14.9 Å². The quantitative estimate of drug-likeness (QED) is 0.0439. The summed E-state index contributed by atoms with van der Waals surface area (Å²) in [6.07, 6.45) is 8.86. The summed E-state index contributed by atoms with van der Waals surface area (Å²) < 4.78 is 30.3. The Kier molecular flexibility index (Phi) is 15.8. The van der Waals surface area contributed by atoms with Crippen LogP contribution >= 0.6 is 23.4 Å². The molecule has 1 aliphatic carbocycles. The molecule has 0 spiro atoms. The Morgan fingerprint density at radius 1 is 0.887 bits per heavy atom. The predicted molar refractivity (Wildman–Crippen MR) is 255 cm³/mol. The van der Waals surface area contributed by atoms with Gasteiger partial charge in [-0.05, 0) is 124 Å². The van der Waals surface area contributed by atoms with Gasteiger partial charge in [-0.3, -0.25) is 19.7 Å². The van der Waals surface area contributed by atoms with Crippen LogP contribution in [-0.4, -0.2) is 97.3 Å². The first-order valence-electron chi connectivity index (χ1n) is 21.8. The first-order valence-corrected chi connectivity index (χ1v) is 24.6. The van der Waals surface area contributed by atoms with E-state index in [4.69, 9.17) is 11.6 Å². The van der Waals surface area contributed by atoms with Crippen molar-refractivity contribution >= 4 is 72.7 Å². The van der Waals surface area contributed by atoms with Crippen molar-refractivity contribution in [2.24, 2.45) is 0 Å². The second kappa shape index (κ2) is 21.6. The molecule has 1 saturated heterocycles. The van der Waals surface area contributed by atoms with Crippen molar-refractivity contribution in [3.05, 3.63) is 124 Å². The second-order valence-electron chi connectivity index (χ2n) is 16.1. The van der Waals surface area contributed by atoms with Crippen molar-refractivity contribution in [3.63, 3.8) is 0 Å². The highest BCUT2D eigenvalue weighted by atomic mass is 35.5. The van der Waals surface area contributed by atoms with Crippen LogP contribution in [0.2, 0.25) is 5.02 Å². The van der Waals surface area contributed by atoms with Crippen molar-refractivity contribution in [2.75, 3.05) is 73.0 Å². The van der Waals surface area contributed by atoms with Gasteiger partial charge in [-0.1, -0.05) is 61.4 Å². The molecule has 4 aromatic carbocycles. The van der Waals surface area contributed by atoms with E-state index in [1.807, 2.05) is 48.5 Å². The Hall–Kier alpha value is -4.73. The molecular formula is C47H57ClN8O4S2. The zero-order valence-corrected chi connectivity index (χ0v) is 38.0. The number of nitrogens with zero attached hydrogens (tertiary/aromatic N) is 6. The van der Waals surface area contributed by atoms with Crippen LogP contribution in [0.1, 0.15) is 64.4 Å². The Balaban J connectivity index is 1.02. The molecule has 2 aliphatic rings. The Labute approximate surface area is 375 Å². The number of sulfonamides is 1. The van der Waals surface area contributed by atoms with E-state index >= 15 is 0 Å². The third-order valence-electron chi connectivity index (χ3n) is 11.7. The molecule has 1 aliphatic heterocycles. The average Bonchev–Trinajstić information content (AvgIpc) is 3.28. The van der Waals surface area contributed by atoms with Gasteiger partial charge >= 0.3 is 0 Å². The Bertz CT molecular complexity index is 2420. The molecule has 2 heterocycles. The summed E-state index contributed by atoms with van der Waals surface area (Å²) in [6, 6.07) is 28.0. The molecule has 0 radical (unpaired) electrons. The van der Waals surface area contributed by atoms with Crippen molar-refractivity contribution in [1.29, 1.82) is 0 Å². The molecule has 15 heteroatoms. The topological polar surface area (TPSA) is 137 Å². The molecular weight excluding hydrogens is 840 g/mol. The van der Waals surface area contributed by atoms with E-state index in [0.717, 1.165) is 106 Å². The number of hydrogen-bond acceptors (Lipinski definition) is 11. The molecule has 1 aromatic heterocycles. The van der Waals surface area contributed by atoms with E-state index in [1.165, 1.54) is 48.0 Å². The van der Waals surface area contributed by atoms with E-state index < -0.39 is 14.9 Å². The maximum atomic E-state index is 13.9. The maximum Gasteiger partial charge on any atom is 0.293 e. The number of rotatable bonds is 20. The number of hydrogen-bond donors (Lipinski definition) is 2. The molecule has 5 aromatic rings. The molecule has 0 saturated carbocycles. The highest BCUT2D eigenvalue weighted by Crippen LogP contribution is 2.35. The predicted octanol–water partition coefficient (Wildman–Crippen LogP) is 10.2. The highest BCUT2D eigenvalue weighted by Gasteiger charge is 2.26. The number of nitro groups is 1. The smallest absolute Gasteiger partial charge is 0.293 e. The standard InChI is InChI=1S/C47H57ClN8O4S2/c1-3-23-53(24-4-2)25-22-38(33-61-40-11-6-5-7-12-40)51-44-21-19-41(31-46(44)56(57)58)62(59,60)52-47-43-20-18-39(30-45(43)49-34-50-47)55-28-26-54(27-29-55)32-36-10-8-9-13-42(36)35-14-16-37(48)17-15-35/h5-7,11-12,14-21,30-31,34,38,51H,3-4,8-10,13,22-29,32-33H2,1-2H3,(H,49,50,52)/t38-/m1/s1. The Morgan fingerprint density at radius 2 is 1.63 bits per heavy atom.